The smallest absolute Gasteiger partial charge is 0.305 e. The van der Waals surface area contributed by atoms with Crippen LogP contribution >= 0.6 is 0 Å². The van der Waals surface area contributed by atoms with Crippen molar-refractivity contribution in [3.05, 3.63) is 29.0 Å². The Bertz CT molecular complexity index is 492. The summed E-state index contributed by atoms with van der Waals surface area (Å²) in [6, 6.07) is 5.08. The molecule has 0 aliphatic carbocycles. The Balaban J connectivity index is 2.53. The van der Waals surface area contributed by atoms with Crippen LogP contribution in [0.5, 0.6) is 5.75 Å². The number of ether oxygens (including phenoxy) is 2. The third kappa shape index (κ3) is 7.22. The molecule has 0 bridgehead atoms. The van der Waals surface area contributed by atoms with Crippen molar-refractivity contribution in [1.82, 2.24) is 0 Å². The van der Waals surface area contributed by atoms with E-state index < -0.39 is 10.8 Å². The van der Waals surface area contributed by atoms with Crippen molar-refractivity contribution in [3.8, 4) is 5.75 Å². The molecule has 0 amide bonds. The van der Waals surface area contributed by atoms with Crippen LogP contribution in [0, 0.1) is 5.21 Å². The van der Waals surface area contributed by atoms with E-state index in [1.165, 1.54) is 0 Å². The summed E-state index contributed by atoms with van der Waals surface area (Å²) in [5, 5.41) is 10.9. The third-order valence-electron chi connectivity index (χ3n) is 2.59. The molecule has 0 heterocycles. The van der Waals surface area contributed by atoms with Gasteiger partial charge in [-0.05, 0) is 25.0 Å². The topological polar surface area (TPSA) is 92.3 Å². The van der Waals surface area contributed by atoms with Crippen LogP contribution in [0.4, 0.5) is 5.69 Å². The number of carbonyl (C=O) groups excluding carboxylic acids is 1. The molecule has 118 valence electrons. The Morgan fingerprint density at radius 3 is 2.76 bits per heavy atom. The predicted octanol–water partition coefficient (Wildman–Crippen LogP) is 0.980. The summed E-state index contributed by atoms with van der Waals surface area (Å²) >= 11 is 0. The van der Waals surface area contributed by atoms with E-state index in [1.54, 1.807) is 31.4 Å². The monoisotopic (exact) mass is 315 g/mol. The van der Waals surface area contributed by atoms with Gasteiger partial charge in [0, 0.05) is 41.4 Å². The average Bonchev–Trinajstić information content (AvgIpc) is 2.43. The van der Waals surface area contributed by atoms with Crippen molar-refractivity contribution < 1.29 is 24.0 Å². The van der Waals surface area contributed by atoms with E-state index in [-0.39, 0.29) is 5.97 Å². The minimum Gasteiger partial charge on any atom is -0.630 e. The van der Waals surface area contributed by atoms with Crippen molar-refractivity contribution >= 4 is 22.5 Å². The van der Waals surface area contributed by atoms with Crippen molar-refractivity contribution in [3.63, 3.8) is 0 Å². The lowest BCUT2D eigenvalue weighted by Crippen LogP contribution is -2.70. The lowest BCUT2D eigenvalue weighted by atomic mass is 10.2. The van der Waals surface area contributed by atoms with Crippen LogP contribution in [0.1, 0.15) is 25.3 Å². The Morgan fingerprint density at radius 1 is 1.38 bits per heavy atom. The van der Waals surface area contributed by atoms with Crippen LogP contribution in [-0.2, 0) is 26.1 Å². The highest BCUT2D eigenvalue weighted by atomic mass is 32.2. The maximum atomic E-state index is 11.3. The number of rotatable bonds is 9. The van der Waals surface area contributed by atoms with E-state index in [0.29, 0.717) is 43.2 Å². The first-order valence-corrected chi connectivity index (χ1v) is 8.45. The van der Waals surface area contributed by atoms with Crippen molar-refractivity contribution in [2.75, 3.05) is 19.5 Å². The van der Waals surface area contributed by atoms with Gasteiger partial charge in [0.15, 0.2) is 0 Å². The lowest BCUT2D eigenvalue weighted by molar-refractivity contribution is -0.497. The molecule has 2 N–H and O–H groups in total. The molecular formula is C14H21NO5S. The van der Waals surface area contributed by atoms with Crippen molar-refractivity contribution in [1.29, 1.82) is 0 Å². The fraction of sp³-hybridized carbons (Fsp3) is 0.500. The average molecular weight is 315 g/mol. The van der Waals surface area contributed by atoms with E-state index in [1.807, 2.05) is 0 Å². The molecule has 0 aromatic heterocycles. The molecule has 1 unspecified atom stereocenters. The highest BCUT2D eigenvalue weighted by Gasteiger charge is 2.06. The molecule has 0 spiro atoms. The van der Waals surface area contributed by atoms with Crippen LogP contribution in [0.25, 0.3) is 0 Å². The zero-order valence-corrected chi connectivity index (χ0v) is 13.1. The van der Waals surface area contributed by atoms with Crippen LogP contribution in [0.15, 0.2) is 18.2 Å². The Labute approximate surface area is 126 Å². The normalized spacial score (nSPS) is 12.0. The van der Waals surface area contributed by atoms with Gasteiger partial charge in [-0.3, -0.25) is 9.00 Å². The van der Waals surface area contributed by atoms with Gasteiger partial charge < -0.3 is 20.2 Å². The summed E-state index contributed by atoms with van der Waals surface area (Å²) in [5.74, 6) is 0.676. The summed E-state index contributed by atoms with van der Waals surface area (Å²) in [4.78, 5) is 11.2. The van der Waals surface area contributed by atoms with Crippen LogP contribution in [0.2, 0.25) is 0 Å². The number of esters is 1. The molecule has 0 saturated heterocycles. The third-order valence-corrected chi connectivity index (χ3v) is 3.33. The molecule has 21 heavy (non-hydrogen) atoms. The number of hydrogen-bond donors (Lipinski definition) is 1. The molecule has 7 heteroatoms. The maximum absolute atomic E-state index is 11.3. The zero-order chi connectivity index (χ0) is 15.7. The molecule has 1 aromatic rings. The molecule has 1 atom stereocenters. The molecule has 0 aliphatic heterocycles. The van der Waals surface area contributed by atoms with E-state index in [2.05, 4.69) is 0 Å². The van der Waals surface area contributed by atoms with Gasteiger partial charge in [-0.2, -0.15) is 0 Å². The van der Waals surface area contributed by atoms with E-state index in [9.17, 15) is 14.2 Å². The second-order valence-corrected chi connectivity index (χ2v) is 5.94. The Morgan fingerprint density at radius 2 is 2.14 bits per heavy atom. The van der Waals surface area contributed by atoms with Crippen LogP contribution < -0.4 is 10.2 Å². The fourth-order valence-electron chi connectivity index (χ4n) is 1.80. The fourth-order valence-corrected chi connectivity index (χ4v) is 2.43. The van der Waals surface area contributed by atoms with Gasteiger partial charge >= 0.3 is 5.97 Å². The summed E-state index contributed by atoms with van der Waals surface area (Å²) in [5.41, 5.74) is 2.01. The number of benzene rings is 1. The van der Waals surface area contributed by atoms with E-state index in [0.717, 1.165) is 11.0 Å². The van der Waals surface area contributed by atoms with E-state index in [4.69, 9.17) is 9.47 Å². The number of carbonyl (C=O) groups is 1. The predicted molar refractivity (Wildman–Crippen MR) is 80.5 cm³/mol. The molecule has 0 saturated carbocycles. The van der Waals surface area contributed by atoms with Gasteiger partial charge in [-0.1, -0.05) is 0 Å². The maximum Gasteiger partial charge on any atom is 0.305 e. The SMILES string of the molecule is CCOC(=O)CCCOc1cc(CS(C)=O)cc([NH2+][O-])c1. The minimum absolute atomic E-state index is 0.246. The number of nitrogens with two attached hydrogens (primary N) is 1. The molecule has 0 radical (unpaired) electrons. The first kappa shape index (κ1) is 17.6. The Hall–Kier alpha value is -1.44. The number of hydrogen-bond acceptors (Lipinski definition) is 5. The lowest BCUT2D eigenvalue weighted by Gasteiger charge is -2.10. The quantitative estimate of drug-likeness (QED) is 0.317. The van der Waals surface area contributed by atoms with Crippen LogP contribution in [-0.4, -0.2) is 29.6 Å². The molecule has 1 aromatic carbocycles. The minimum atomic E-state index is -0.984. The molecule has 0 aliphatic rings. The number of quaternary nitrogens is 1. The zero-order valence-electron chi connectivity index (χ0n) is 12.3. The van der Waals surface area contributed by atoms with Gasteiger partial charge in [0.05, 0.1) is 13.2 Å². The molecule has 6 nitrogen and oxygen atoms in total. The molecule has 1 rings (SSSR count). The van der Waals surface area contributed by atoms with E-state index >= 15 is 0 Å². The van der Waals surface area contributed by atoms with Gasteiger partial charge in [0.2, 0.25) is 0 Å². The molecular weight excluding hydrogens is 294 g/mol. The highest BCUT2D eigenvalue weighted by molar-refractivity contribution is 7.83. The molecule has 0 fully saturated rings. The Kier molecular flexibility index (Phi) is 7.96. The van der Waals surface area contributed by atoms with Gasteiger partial charge in [0.25, 0.3) is 0 Å². The standard InChI is InChI=1S/C14H21NO5S/c1-3-19-14(16)5-4-6-20-13-8-11(10-21(2)18)7-12(9-13)15-17/h7-9H,3-6,10,15H2,1-2H3. The van der Waals surface area contributed by atoms with Crippen molar-refractivity contribution in [2.24, 2.45) is 0 Å². The summed E-state index contributed by atoms with van der Waals surface area (Å²) in [7, 11) is -0.984. The van der Waals surface area contributed by atoms with Gasteiger partial charge in [-0.15, -0.1) is 0 Å². The van der Waals surface area contributed by atoms with Gasteiger partial charge in [-0.25, -0.2) is 0 Å². The second-order valence-electron chi connectivity index (χ2n) is 4.50. The second kappa shape index (κ2) is 9.49. The van der Waals surface area contributed by atoms with Crippen LogP contribution in [0.3, 0.4) is 0 Å². The summed E-state index contributed by atoms with van der Waals surface area (Å²) < 4.78 is 21.6. The summed E-state index contributed by atoms with van der Waals surface area (Å²) in [6.45, 7) is 2.49. The van der Waals surface area contributed by atoms with Gasteiger partial charge in [0.1, 0.15) is 11.4 Å². The first-order valence-electron chi connectivity index (χ1n) is 6.72. The largest absolute Gasteiger partial charge is 0.630 e. The summed E-state index contributed by atoms with van der Waals surface area (Å²) in [6.07, 6.45) is 2.44. The first-order chi connectivity index (χ1) is 10.0. The highest BCUT2D eigenvalue weighted by Crippen LogP contribution is 2.19. The van der Waals surface area contributed by atoms with Crippen molar-refractivity contribution in [2.45, 2.75) is 25.5 Å².